The molecule has 1 saturated heterocycles. The van der Waals surface area contributed by atoms with Gasteiger partial charge in [-0.05, 0) is 32.4 Å². The summed E-state index contributed by atoms with van der Waals surface area (Å²) in [7, 11) is 0. The molecule has 0 saturated carbocycles. The van der Waals surface area contributed by atoms with Crippen molar-refractivity contribution in [3.63, 3.8) is 0 Å². The fraction of sp³-hybridized carbons (Fsp3) is 0.400. The predicted molar refractivity (Wildman–Crippen MR) is 106 cm³/mol. The summed E-state index contributed by atoms with van der Waals surface area (Å²) in [5, 5.41) is 1.20. The highest BCUT2D eigenvalue weighted by Crippen LogP contribution is 2.35. The van der Waals surface area contributed by atoms with Crippen LogP contribution >= 0.6 is 11.3 Å². The maximum Gasteiger partial charge on any atom is 0.141 e. The summed E-state index contributed by atoms with van der Waals surface area (Å²) < 4.78 is 13.9. The van der Waals surface area contributed by atoms with Crippen molar-refractivity contribution < 1.29 is 4.39 Å². The van der Waals surface area contributed by atoms with Crippen LogP contribution in [0.2, 0.25) is 0 Å². The third-order valence-corrected chi connectivity index (χ3v) is 6.25. The van der Waals surface area contributed by atoms with Crippen molar-refractivity contribution in [2.24, 2.45) is 0 Å². The number of thiophene rings is 1. The number of halogens is 1. The number of nitrogens with zero attached hydrogens (tertiary/aromatic N) is 4. The van der Waals surface area contributed by atoms with Gasteiger partial charge in [0.05, 0.1) is 5.39 Å². The Bertz CT molecular complexity index is 944. The zero-order valence-corrected chi connectivity index (χ0v) is 16.2. The topological polar surface area (TPSA) is 32.3 Å². The number of fused-ring (bicyclic) bond motifs is 1. The van der Waals surface area contributed by atoms with Gasteiger partial charge in [0.15, 0.2) is 0 Å². The molecule has 0 amide bonds. The predicted octanol–water partition coefficient (Wildman–Crippen LogP) is 4.08. The summed E-state index contributed by atoms with van der Waals surface area (Å²) in [6, 6.07) is 7.05. The average molecular weight is 370 g/mol. The van der Waals surface area contributed by atoms with Crippen molar-refractivity contribution in [1.82, 2.24) is 14.9 Å². The minimum atomic E-state index is -0.118. The van der Waals surface area contributed by atoms with E-state index in [2.05, 4.69) is 28.6 Å². The molecule has 1 aliphatic rings. The van der Waals surface area contributed by atoms with Crippen LogP contribution in [0.15, 0.2) is 24.3 Å². The molecule has 2 aromatic heterocycles. The van der Waals surface area contributed by atoms with Gasteiger partial charge in [-0.15, -0.1) is 11.3 Å². The highest BCUT2D eigenvalue weighted by Gasteiger charge is 2.23. The number of aromatic nitrogens is 2. The average Bonchev–Trinajstić information content (AvgIpc) is 2.91. The first-order chi connectivity index (χ1) is 12.5. The molecule has 0 atom stereocenters. The minimum absolute atomic E-state index is 0.118. The van der Waals surface area contributed by atoms with Crippen LogP contribution in [0.3, 0.4) is 0 Å². The van der Waals surface area contributed by atoms with Crippen LogP contribution in [0.25, 0.3) is 10.2 Å². The molecule has 0 bridgehead atoms. The molecule has 3 aromatic rings. The zero-order chi connectivity index (χ0) is 18.3. The maximum atomic E-state index is 13.9. The van der Waals surface area contributed by atoms with E-state index in [0.29, 0.717) is 6.54 Å². The summed E-state index contributed by atoms with van der Waals surface area (Å²) in [6.45, 7) is 10.5. The van der Waals surface area contributed by atoms with Gasteiger partial charge in [0.2, 0.25) is 0 Å². The molecule has 3 heterocycles. The number of aryl methyl sites for hydroxylation is 3. The van der Waals surface area contributed by atoms with E-state index in [-0.39, 0.29) is 5.82 Å². The Hall–Kier alpha value is -2.05. The Morgan fingerprint density at radius 3 is 2.50 bits per heavy atom. The molecule has 4 rings (SSSR count). The molecule has 0 spiro atoms. The van der Waals surface area contributed by atoms with Crippen LogP contribution in [0.1, 0.15) is 21.8 Å². The first-order valence-corrected chi connectivity index (χ1v) is 9.79. The number of anilines is 1. The zero-order valence-electron chi connectivity index (χ0n) is 15.4. The van der Waals surface area contributed by atoms with Gasteiger partial charge in [-0.3, -0.25) is 4.90 Å². The van der Waals surface area contributed by atoms with E-state index in [0.717, 1.165) is 48.2 Å². The van der Waals surface area contributed by atoms with Gasteiger partial charge in [-0.1, -0.05) is 18.2 Å². The third kappa shape index (κ3) is 3.19. The molecule has 0 radical (unpaired) electrons. The summed E-state index contributed by atoms with van der Waals surface area (Å²) in [5.41, 5.74) is 2.05. The van der Waals surface area contributed by atoms with E-state index in [4.69, 9.17) is 4.98 Å². The Kier molecular flexibility index (Phi) is 4.63. The standard InChI is InChI=1S/C20H23FN4S/c1-13-14(2)26-20-18(13)19(22-15(3)23-20)25-10-8-24(9-11-25)12-16-6-4-5-7-17(16)21/h4-7H,8-12H2,1-3H3. The molecular formula is C20H23FN4S. The quantitative estimate of drug-likeness (QED) is 0.695. The first-order valence-electron chi connectivity index (χ1n) is 8.98. The van der Waals surface area contributed by atoms with Crippen LogP contribution in [-0.2, 0) is 6.54 Å². The maximum absolute atomic E-state index is 13.9. The molecular weight excluding hydrogens is 347 g/mol. The van der Waals surface area contributed by atoms with Crippen LogP contribution in [0.5, 0.6) is 0 Å². The van der Waals surface area contributed by atoms with Crippen molar-refractivity contribution in [1.29, 1.82) is 0 Å². The first kappa shape index (κ1) is 17.4. The molecule has 1 aliphatic heterocycles. The summed E-state index contributed by atoms with van der Waals surface area (Å²) in [4.78, 5) is 16.4. The van der Waals surface area contributed by atoms with Gasteiger partial charge in [0, 0.05) is 43.2 Å². The normalized spacial score (nSPS) is 15.8. The highest BCUT2D eigenvalue weighted by atomic mass is 32.1. The van der Waals surface area contributed by atoms with Gasteiger partial charge in [0.1, 0.15) is 22.3 Å². The lowest BCUT2D eigenvalue weighted by molar-refractivity contribution is 0.246. The third-order valence-electron chi connectivity index (χ3n) is 5.15. The second-order valence-electron chi connectivity index (χ2n) is 6.91. The van der Waals surface area contributed by atoms with E-state index in [1.165, 1.54) is 21.9 Å². The molecule has 0 aliphatic carbocycles. The van der Waals surface area contributed by atoms with E-state index in [1.807, 2.05) is 19.1 Å². The molecule has 0 N–H and O–H groups in total. The lowest BCUT2D eigenvalue weighted by Crippen LogP contribution is -2.46. The van der Waals surface area contributed by atoms with Crippen LogP contribution in [0, 0.1) is 26.6 Å². The second-order valence-corrected chi connectivity index (χ2v) is 8.12. The molecule has 26 heavy (non-hydrogen) atoms. The summed E-state index contributed by atoms with van der Waals surface area (Å²) in [5.74, 6) is 1.76. The second kappa shape index (κ2) is 6.93. The molecule has 4 nitrogen and oxygen atoms in total. The lowest BCUT2D eigenvalue weighted by atomic mass is 10.1. The van der Waals surface area contributed by atoms with Crippen molar-refractivity contribution in [2.45, 2.75) is 27.3 Å². The van der Waals surface area contributed by atoms with E-state index in [1.54, 1.807) is 17.4 Å². The Balaban J connectivity index is 1.53. The van der Waals surface area contributed by atoms with Crippen molar-refractivity contribution in [3.05, 3.63) is 51.9 Å². The molecule has 136 valence electrons. The highest BCUT2D eigenvalue weighted by molar-refractivity contribution is 7.18. The number of benzene rings is 1. The van der Waals surface area contributed by atoms with Gasteiger partial charge in [-0.2, -0.15) is 0 Å². The van der Waals surface area contributed by atoms with Crippen molar-refractivity contribution in [2.75, 3.05) is 31.1 Å². The monoisotopic (exact) mass is 370 g/mol. The summed E-state index contributed by atoms with van der Waals surface area (Å²) >= 11 is 1.75. The van der Waals surface area contributed by atoms with Crippen LogP contribution in [-0.4, -0.2) is 41.0 Å². The lowest BCUT2D eigenvalue weighted by Gasteiger charge is -2.35. The Morgan fingerprint density at radius 1 is 1.04 bits per heavy atom. The van der Waals surface area contributed by atoms with Gasteiger partial charge in [-0.25, -0.2) is 14.4 Å². The Morgan fingerprint density at radius 2 is 1.77 bits per heavy atom. The molecule has 6 heteroatoms. The largest absolute Gasteiger partial charge is 0.353 e. The molecule has 1 fully saturated rings. The number of rotatable bonds is 3. The van der Waals surface area contributed by atoms with Crippen LogP contribution in [0.4, 0.5) is 10.2 Å². The van der Waals surface area contributed by atoms with E-state index < -0.39 is 0 Å². The number of piperazine rings is 1. The molecule has 1 aromatic carbocycles. The Labute approximate surface area is 157 Å². The number of hydrogen-bond acceptors (Lipinski definition) is 5. The smallest absolute Gasteiger partial charge is 0.141 e. The van der Waals surface area contributed by atoms with Crippen LogP contribution < -0.4 is 4.90 Å². The van der Waals surface area contributed by atoms with E-state index in [9.17, 15) is 4.39 Å². The fourth-order valence-electron chi connectivity index (χ4n) is 3.55. The summed E-state index contributed by atoms with van der Waals surface area (Å²) in [6.07, 6.45) is 0. The minimum Gasteiger partial charge on any atom is -0.353 e. The van der Waals surface area contributed by atoms with Gasteiger partial charge in [0.25, 0.3) is 0 Å². The van der Waals surface area contributed by atoms with E-state index >= 15 is 0 Å². The molecule has 0 unspecified atom stereocenters. The van der Waals surface area contributed by atoms with Gasteiger partial charge >= 0.3 is 0 Å². The SMILES string of the molecule is Cc1nc(N2CCN(Cc3ccccc3F)CC2)c2c(C)c(C)sc2n1. The fourth-order valence-corrected chi connectivity index (χ4v) is 4.62. The number of hydrogen-bond donors (Lipinski definition) is 0. The van der Waals surface area contributed by atoms with Gasteiger partial charge < -0.3 is 4.90 Å². The van der Waals surface area contributed by atoms with Crippen molar-refractivity contribution >= 4 is 27.4 Å². The van der Waals surface area contributed by atoms with Crippen molar-refractivity contribution in [3.8, 4) is 0 Å².